The van der Waals surface area contributed by atoms with Crippen molar-refractivity contribution in [3.05, 3.63) is 58.3 Å². The van der Waals surface area contributed by atoms with Crippen molar-refractivity contribution < 1.29 is 9.90 Å². The number of aromatic amines is 1. The molecular weight excluding hydrogens is 408 g/mol. The number of phenolic OH excluding ortho intramolecular Hbond substituents is 1. The summed E-state index contributed by atoms with van der Waals surface area (Å²) >= 11 is 0. The number of carbonyl (C=O) groups is 1. The second-order valence-corrected chi connectivity index (χ2v) is 8.43. The van der Waals surface area contributed by atoms with E-state index in [1.165, 1.54) is 6.07 Å². The van der Waals surface area contributed by atoms with Crippen molar-refractivity contribution >= 4 is 22.6 Å². The molecule has 0 spiro atoms. The molecule has 2 fully saturated rings. The fourth-order valence-corrected chi connectivity index (χ4v) is 4.72. The second-order valence-electron chi connectivity index (χ2n) is 8.43. The molecule has 0 bridgehead atoms. The van der Waals surface area contributed by atoms with Crippen molar-refractivity contribution in [2.24, 2.45) is 11.8 Å². The van der Waals surface area contributed by atoms with Crippen LogP contribution >= 0.6 is 0 Å². The number of carbonyl (C=O) groups excluding carboxylic acids is 1. The van der Waals surface area contributed by atoms with Gasteiger partial charge in [0.2, 0.25) is 5.91 Å². The monoisotopic (exact) mass is 430 g/mol. The molecule has 2 unspecified atom stereocenters. The molecule has 2 N–H and O–H groups in total. The molecule has 2 aliphatic heterocycles. The highest BCUT2D eigenvalue weighted by Crippen LogP contribution is 2.33. The molecule has 3 aromatic rings. The molecule has 32 heavy (non-hydrogen) atoms. The fourth-order valence-electron chi connectivity index (χ4n) is 4.72. The van der Waals surface area contributed by atoms with Gasteiger partial charge in [-0.05, 0) is 24.3 Å². The fraction of sp³-hybridized carbons (Fsp3) is 0.348. The smallest absolute Gasteiger partial charge is 0.258 e. The molecular formula is C23H22N6O3. The lowest BCUT2D eigenvalue weighted by atomic mass is 10.0. The van der Waals surface area contributed by atoms with Crippen molar-refractivity contribution in [3.63, 3.8) is 0 Å². The summed E-state index contributed by atoms with van der Waals surface area (Å²) in [5.41, 5.74) is 0.480. The summed E-state index contributed by atoms with van der Waals surface area (Å²) in [5.74, 6) is 2.05. The SMILES string of the molecule is N#Cc1ccc(N2CC3CN(C(=O)CCc4nc5c(O)cccc5c(=O)[nH]4)CC3C2)nc1. The van der Waals surface area contributed by atoms with Gasteiger partial charge in [0, 0.05) is 57.1 Å². The molecule has 9 heteroatoms. The zero-order chi connectivity index (χ0) is 22.2. The van der Waals surface area contributed by atoms with Crippen LogP contribution in [0.5, 0.6) is 5.75 Å². The molecule has 2 atom stereocenters. The molecule has 2 aromatic heterocycles. The number of phenols is 1. The largest absolute Gasteiger partial charge is 0.506 e. The maximum absolute atomic E-state index is 12.8. The normalized spacial score (nSPS) is 19.8. The molecule has 2 saturated heterocycles. The molecule has 9 nitrogen and oxygen atoms in total. The third kappa shape index (κ3) is 3.64. The quantitative estimate of drug-likeness (QED) is 0.641. The third-order valence-electron chi connectivity index (χ3n) is 6.38. The van der Waals surface area contributed by atoms with E-state index in [0.29, 0.717) is 48.1 Å². The van der Waals surface area contributed by atoms with Gasteiger partial charge in [0.25, 0.3) is 5.56 Å². The van der Waals surface area contributed by atoms with E-state index in [9.17, 15) is 14.7 Å². The van der Waals surface area contributed by atoms with Gasteiger partial charge in [-0.25, -0.2) is 9.97 Å². The van der Waals surface area contributed by atoms with Crippen LogP contribution in [0.15, 0.2) is 41.3 Å². The maximum atomic E-state index is 12.8. The Hall–Kier alpha value is -3.93. The number of aromatic hydroxyl groups is 1. The molecule has 2 aliphatic rings. The molecule has 162 valence electrons. The zero-order valence-corrected chi connectivity index (χ0v) is 17.4. The number of rotatable bonds is 4. The Morgan fingerprint density at radius 1 is 1.19 bits per heavy atom. The van der Waals surface area contributed by atoms with E-state index in [1.807, 2.05) is 11.0 Å². The number of aryl methyl sites for hydroxylation is 1. The summed E-state index contributed by atoms with van der Waals surface area (Å²) in [4.78, 5) is 40.6. The van der Waals surface area contributed by atoms with Gasteiger partial charge in [-0.3, -0.25) is 9.59 Å². The van der Waals surface area contributed by atoms with E-state index >= 15 is 0 Å². The van der Waals surface area contributed by atoms with Gasteiger partial charge < -0.3 is 19.9 Å². The number of anilines is 1. The van der Waals surface area contributed by atoms with Crippen molar-refractivity contribution in [3.8, 4) is 11.8 Å². The Kier molecular flexibility index (Phi) is 4.98. The van der Waals surface area contributed by atoms with Crippen molar-refractivity contribution in [1.29, 1.82) is 5.26 Å². The molecule has 5 rings (SSSR count). The standard InChI is InChI=1S/C23H22N6O3/c24-8-14-4-6-20(25-9-14)28-10-15-12-29(13-16(15)11-28)21(31)7-5-19-26-22-17(23(32)27-19)2-1-3-18(22)30/h1-4,6,9,15-16,30H,5,7,10-13H2,(H,26,27,32). The number of benzene rings is 1. The lowest BCUT2D eigenvalue weighted by Crippen LogP contribution is -2.33. The van der Waals surface area contributed by atoms with Crippen molar-refractivity contribution in [1.82, 2.24) is 19.9 Å². The summed E-state index contributed by atoms with van der Waals surface area (Å²) < 4.78 is 0. The van der Waals surface area contributed by atoms with E-state index in [4.69, 9.17) is 5.26 Å². The predicted molar refractivity (Wildman–Crippen MR) is 117 cm³/mol. The summed E-state index contributed by atoms with van der Waals surface area (Å²) in [6.45, 7) is 3.09. The number of amides is 1. The van der Waals surface area contributed by atoms with E-state index in [-0.39, 0.29) is 29.2 Å². The number of para-hydroxylation sites is 1. The number of aromatic nitrogens is 3. The van der Waals surface area contributed by atoms with Gasteiger partial charge in [0.05, 0.1) is 10.9 Å². The average Bonchev–Trinajstić information content (AvgIpc) is 3.38. The Balaban J connectivity index is 1.19. The van der Waals surface area contributed by atoms with Crippen LogP contribution in [0.4, 0.5) is 5.82 Å². The number of H-pyrrole nitrogens is 1. The zero-order valence-electron chi connectivity index (χ0n) is 17.4. The Morgan fingerprint density at radius 2 is 1.97 bits per heavy atom. The summed E-state index contributed by atoms with van der Waals surface area (Å²) in [5, 5.41) is 19.2. The molecule has 4 heterocycles. The summed E-state index contributed by atoms with van der Waals surface area (Å²) in [6, 6.07) is 10.4. The maximum Gasteiger partial charge on any atom is 0.258 e. The van der Waals surface area contributed by atoms with Crippen LogP contribution in [0.3, 0.4) is 0 Å². The first-order valence-corrected chi connectivity index (χ1v) is 10.6. The van der Waals surface area contributed by atoms with Gasteiger partial charge in [0.15, 0.2) is 0 Å². The number of pyridine rings is 1. The highest BCUT2D eigenvalue weighted by atomic mass is 16.3. The lowest BCUT2D eigenvalue weighted by molar-refractivity contribution is -0.130. The van der Waals surface area contributed by atoms with Gasteiger partial charge in [0.1, 0.15) is 29.0 Å². The van der Waals surface area contributed by atoms with E-state index in [1.54, 1.807) is 24.4 Å². The minimum atomic E-state index is -0.319. The van der Waals surface area contributed by atoms with Gasteiger partial charge >= 0.3 is 0 Å². The number of nitrogens with one attached hydrogen (secondary N) is 1. The Morgan fingerprint density at radius 3 is 2.66 bits per heavy atom. The Bertz CT molecular complexity index is 1270. The third-order valence-corrected chi connectivity index (χ3v) is 6.38. The van der Waals surface area contributed by atoms with E-state index in [0.717, 1.165) is 18.9 Å². The summed E-state index contributed by atoms with van der Waals surface area (Å²) in [6.07, 6.45) is 2.15. The molecule has 0 saturated carbocycles. The minimum Gasteiger partial charge on any atom is -0.506 e. The van der Waals surface area contributed by atoms with E-state index < -0.39 is 0 Å². The van der Waals surface area contributed by atoms with E-state index in [2.05, 4.69) is 25.9 Å². The van der Waals surface area contributed by atoms with Crippen LogP contribution in [0.2, 0.25) is 0 Å². The van der Waals surface area contributed by atoms with Crippen LogP contribution in [0.25, 0.3) is 10.9 Å². The highest BCUT2D eigenvalue weighted by Gasteiger charge is 2.41. The first kappa shape index (κ1) is 20.0. The minimum absolute atomic E-state index is 0.0440. The van der Waals surface area contributed by atoms with Gasteiger partial charge in [-0.15, -0.1) is 0 Å². The number of hydrogen-bond acceptors (Lipinski definition) is 7. The van der Waals surface area contributed by atoms with Crippen LogP contribution in [0.1, 0.15) is 17.8 Å². The predicted octanol–water partition coefficient (Wildman–Crippen LogP) is 1.42. The number of nitriles is 1. The number of likely N-dealkylation sites (tertiary alicyclic amines) is 1. The number of hydrogen-bond donors (Lipinski definition) is 2. The molecule has 0 aliphatic carbocycles. The molecule has 1 amide bonds. The van der Waals surface area contributed by atoms with Crippen LogP contribution in [-0.2, 0) is 11.2 Å². The first-order valence-electron chi connectivity index (χ1n) is 10.6. The topological polar surface area (TPSA) is 126 Å². The number of fused-ring (bicyclic) bond motifs is 2. The van der Waals surface area contributed by atoms with Crippen LogP contribution in [-0.4, -0.2) is 57.0 Å². The number of nitrogens with zero attached hydrogens (tertiary/aromatic N) is 5. The first-order chi connectivity index (χ1) is 15.5. The van der Waals surface area contributed by atoms with Crippen molar-refractivity contribution in [2.45, 2.75) is 12.8 Å². The second kappa shape index (κ2) is 7.96. The lowest BCUT2D eigenvalue weighted by Gasteiger charge is -2.22. The van der Waals surface area contributed by atoms with Gasteiger partial charge in [-0.2, -0.15) is 5.26 Å². The van der Waals surface area contributed by atoms with Crippen molar-refractivity contribution in [2.75, 3.05) is 31.1 Å². The highest BCUT2D eigenvalue weighted by molar-refractivity contribution is 5.83. The van der Waals surface area contributed by atoms with Crippen LogP contribution < -0.4 is 10.5 Å². The summed E-state index contributed by atoms with van der Waals surface area (Å²) in [7, 11) is 0. The van der Waals surface area contributed by atoms with Gasteiger partial charge in [-0.1, -0.05) is 6.07 Å². The van der Waals surface area contributed by atoms with Crippen LogP contribution in [0, 0.1) is 23.2 Å². The molecule has 1 aromatic carbocycles. The Labute approximate surface area is 183 Å². The average molecular weight is 430 g/mol. The molecule has 0 radical (unpaired) electrons.